The maximum atomic E-state index is 11.7. The highest BCUT2D eigenvalue weighted by atomic mass is 16.2. The van der Waals surface area contributed by atoms with Gasteiger partial charge in [0.15, 0.2) is 0 Å². The zero-order chi connectivity index (χ0) is 11.5. The molecule has 5 nitrogen and oxygen atoms in total. The first-order chi connectivity index (χ1) is 7.68. The third kappa shape index (κ3) is 2.14. The van der Waals surface area contributed by atoms with E-state index in [-0.39, 0.29) is 11.9 Å². The Morgan fingerprint density at radius 3 is 3.00 bits per heavy atom. The van der Waals surface area contributed by atoms with E-state index in [9.17, 15) is 4.79 Å². The zero-order valence-corrected chi connectivity index (χ0v) is 9.50. The van der Waals surface area contributed by atoms with Crippen molar-refractivity contribution in [3.8, 4) is 0 Å². The molecule has 0 saturated heterocycles. The minimum absolute atomic E-state index is 0.00810. The van der Waals surface area contributed by atoms with Gasteiger partial charge in [0.25, 0.3) is 0 Å². The maximum Gasteiger partial charge on any atom is 0.241 e. The van der Waals surface area contributed by atoms with Gasteiger partial charge in [0.05, 0.1) is 5.69 Å². The first-order valence-electron chi connectivity index (χ1n) is 5.36. The molecule has 0 fully saturated rings. The van der Waals surface area contributed by atoms with Gasteiger partial charge in [-0.25, -0.2) is 0 Å². The summed E-state index contributed by atoms with van der Waals surface area (Å²) in [7, 11) is 0. The molecule has 1 atom stereocenters. The van der Waals surface area contributed by atoms with Gasteiger partial charge in [-0.2, -0.15) is 5.10 Å². The molecule has 0 aromatic carbocycles. The van der Waals surface area contributed by atoms with E-state index in [1.165, 1.54) is 0 Å². The molecule has 0 saturated carbocycles. The van der Waals surface area contributed by atoms with Crippen molar-refractivity contribution in [1.82, 2.24) is 20.8 Å². The molecule has 2 rings (SSSR count). The van der Waals surface area contributed by atoms with E-state index in [1.54, 1.807) is 0 Å². The fraction of sp³-hybridized carbons (Fsp3) is 0.455. The Balaban J connectivity index is 1.92. The predicted molar refractivity (Wildman–Crippen MR) is 60.8 cm³/mol. The van der Waals surface area contributed by atoms with Crippen LogP contribution in [0.1, 0.15) is 17.0 Å². The molecule has 1 amide bonds. The van der Waals surface area contributed by atoms with Crippen molar-refractivity contribution in [2.75, 3.05) is 6.54 Å². The van der Waals surface area contributed by atoms with Crippen molar-refractivity contribution < 1.29 is 4.79 Å². The number of nitrogens with one attached hydrogen (secondary N) is 3. The average Bonchev–Trinajstić information content (AvgIpc) is 2.87. The van der Waals surface area contributed by atoms with E-state index >= 15 is 0 Å². The summed E-state index contributed by atoms with van der Waals surface area (Å²) in [6, 6.07) is -0.187. The summed E-state index contributed by atoms with van der Waals surface area (Å²) >= 11 is 0. The second kappa shape index (κ2) is 4.49. The predicted octanol–water partition coefficient (Wildman–Crippen LogP) is 0.171. The molecule has 3 N–H and O–H groups in total. The number of carbonyl (C=O) groups is 1. The Morgan fingerprint density at radius 1 is 1.62 bits per heavy atom. The van der Waals surface area contributed by atoms with Crippen molar-refractivity contribution in [1.29, 1.82) is 0 Å². The van der Waals surface area contributed by atoms with Crippen molar-refractivity contribution in [3.05, 3.63) is 29.1 Å². The van der Waals surface area contributed by atoms with Crippen LogP contribution in [-0.4, -0.2) is 28.7 Å². The summed E-state index contributed by atoms with van der Waals surface area (Å²) < 4.78 is 0. The lowest BCUT2D eigenvalue weighted by Crippen LogP contribution is -2.40. The average molecular weight is 220 g/mol. The largest absolute Gasteiger partial charge is 0.350 e. The number of H-pyrrole nitrogens is 1. The molecule has 0 spiro atoms. The van der Waals surface area contributed by atoms with Gasteiger partial charge in [0.1, 0.15) is 6.04 Å². The molecule has 1 aliphatic rings. The molecule has 1 aromatic heterocycles. The minimum atomic E-state index is -0.187. The van der Waals surface area contributed by atoms with Gasteiger partial charge in [-0.1, -0.05) is 12.2 Å². The number of hydrogen-bond acceptors (Lipinski definition) is 3. The third-order valence-electron chi connectivity index (χ3n) is 2.79. The normalized spacial score (nSPS) is 19.0. The quantitative estimate of drug-likeness (QED) is 0.636. The van der Waals surface area contributed by atoms with E-state index in [4.69, 9.17) is 0 Å². The number of nitrogens with zero attached hydrogens (tertiary/aromatic N) is 1. The minimum Gasteiger partial charge on any atom is -0.350 e. The Kier molecular flexibility index (Phi) is 3.05. The second-order valence-electron chi connectivity index (χ2n) is 3.94. The van der Waals surface area contributed by atoms with Crippen LogP contribution in [0.4, 0.5) is 0 Å². The number of aromatic amines is 1. The van der Waals surface area contributed by atoms with Gasteiger partial charge >= 0.3 is 0 Å². The fourth-order valence-corrected chi connectivity index (χ4v) is 1.77. The first-order valence-corrected chi connectivity index (χ1v) is 5.36. The molecular weight excluding hydrogens is 204 g/mol. The number of rotatable bonds is 3. The Morgan fingerprint density at radius 2 is 2.44 bits per heavy atom. The SMILES string of the molecule is Cc1n[nH]c(C)c1CNC(=O)C1C=CCN1. The lowest BCUT2D eigenvalue weighted by atomic mass is 10.2. The molecule has 1 unspecified atom stereocenters. The highest BCUT2D eigenvalue weighted by Crippen LogP contribution is 2.08. The molecule has 0 radical (unpaired) electrons. The van der Waals surface area contributed by atoms with E-state index in [2.05, 4.69) is 20.8 Å². The number of aryl methyl sites for hydroxylation is 2. The molecule has 2 heterocycles. The number of hydrogen-bond donors (Lipinski definition) is 3. The Bertz CT molecular complexity index is 402. The molecule has 5 heteroatoms. The molecule has 16 heavy (non-hydrogen) atoms. The van der Waals surface area contributed by atoms with Gasteiger partial charge in [0.2, 0.25) is 5.91 Å². The lowest BCUT2D eigenvalue weighted by Gasteiger charge is -2.10. The lowest BCUT2D eigenvalue weighted by molar-refractivity contribution is -0.122. The summed E-state index contributed by atoms with van der Waals surface area (Å²) in [5, 5.41) is 13.0. The van der Waals surface area contributed by atoms with Crippen LogP contribution < -0.4 is 10.6 Å². The van der Waals surface area contributed by atoms with E-state index in [1.807, 2.05) is 26.0 Å². The number of carbonyl (C=O) groups excluding carboxylic acids is 1. The van der Waals surface area contributed by atoms with Crippen LogP contribution >= 0.6 is 0 Å². The zero-order valence-electron chi connectivity index (χ0n) is 9.50. The summed E-state index contributed by atoms with van der Waals surface area (Å²) in [4.78, 5) is 11.7. The van der Waals surface area contributed by atoms with Gasteiger partial charge in [0, 0.05) is 24.3 Å². The molecule has 1 aromatic rings. The number of aromatic nitrogens is 2. The summed E-state index contributed by atoms with van der Waals surface area (Å²) in [5.41, 5.74) is 3.01. The van der Waals surface area contributed by atoms with Crippen LogP contribution in [-0.2, 0) is 11.3 Å². The third-order valence-corrected chi connectivity index (χ3v) is 2.79. The van der Waals surface area contributed by atoms with Crippen LogP contribution in [0.5, 0.6) is 0 Å². The van der Waals surface area contributed by atoms with E-state index < -0.39 is 0 Å². The van der Waals surface area contributed by atoms with Crippen LogP contribution in [0.2, 0.25) is 0 Å². The van der Waals surface area contributed by atoms with Gasteiger partial charge in [-0.3, -0.25) is 15.2 Å². The highest BCUT2D eigenvalue weighted by molar-refractivity contribution is 5.84. The van der Waals surface area contributed by atoms with Crippen molar-refractivity contribution in [2.45, 2.75) is 26.4 Å². The second-order valence-corrected chi connectivity index (χ2v) is 3.94. The van der Waals surface area contributed by atoms with Crippen molar-refractivity contribution in [2.24, 2.45) is 0 Å². The van der Waals surface area contributed by atoms with Crippen molar-refractivity contribution in [3.63, 3.8) is 0 Å². The fourth-order valence-electron chi connectivity index (χ4n) is 1.77. The van der Waals surface area contributed by atoms with E-state index in [0.717, 1.165) is 23.5 Å². The van der Waals surface area contributed by atoms with E-state index in [0.29, 0.717) is 6.54 Å². The van der Waals surface area contributed by atoms with Crippen LogP contribution in [0.25, 0.3) is 0 Å². The monoisotopic (exact) mass is 220 g/mol. The summed E-state index contributed by atoms with van der Waals surface area (Å²) in [6.45, 7) is 5.18. The smallest absolute Gasteiger partial charge is 0.241 e. The standard InChI is InChI=1S/C11H16N4O/c1-7-9(8(2)15-14-7)6-13-11(16)10-4-3-5-12-10/h3-4,10,12H,5-6H2,1-2H3,(H,13,16)(H,14,15). The topological polar surface area (TPSA) is 69.8 Å². The molecule has 1 aliphatic heterocycles. The molecule has 0 bridgehead atoms. The first kappa shape index (κ1) is 10.9. The van der Waals surface area contributed by atoms with Gasteiger partial charge in [-0.05, 0) is 13.8 Å². The Hall–Kier alpha value is -1.62. The van der Waals surface area contributed by atoms with Crippen molar-refractivity contribution >= 4 is 5.91 Å². The molecule has 86 valence electrons. The van der Waals surface area contributed by atoms with Gasteiger partial charge in [-0.15, -0.1) is 0 Å². The molecule has 0 aliphatic carbocycles. The van der Waals surface area contributed by atoms with Crippen LogP contribution in [0, 0.1) is 13.8 Å². The summed E-state index contributed by atoms with van der Waals surface area (Å²) in [6.07, 6.45) is 3.84. The number of amides is 1. The summed E-state index contributed by atoms with van der Waals surface area (Å²) in [5.74, 6) is 0.00810. The Labute approximate surface area is 94.3 Å². The maximum absolute atomic E-state index is 11.7. The van der Waals surface area contributed by atoms with Gasteiger partial charge < -0.3 is 5.32 Å². The van der Waals surface area contributed by atoms with Crippen LogP contribution in [0.15, 0.2) is 12.2 Å². The highest BCUT2D eigenvalue weighted by Gasteiger charge is 2.17. The van der Waals surface area contributed by atoms with Crippen LogP contribution in [0.3, 0.4) is 0 Å². The molecular formula is C11H16N4O.